The van der Waals surface area contributed by atoms with Crippen LogP contribution in [0.1, 0.15) is 19.5 Å². The third-order valence-electron chi connectivity index (χ3n) is 5.05. The number of anilines is 1. The van der Waals surface area contributed by atoms with Gasteiger partial charge < -0.3 is 21.0 Å². The molecule has 14 nitrogen and oxygen atoms in total. The second-order valence-corrected chi connectivity index (χ2v) is 10.9. The number of tetrazole rings is 1. The minimum Gasteiger partial charge on any atom is -0.477 e. The van der Waals surface area contributed by atoms with Gasteiger partial charge in [-0.2, -0.15) is 0 Å². The van der Waals surface area contributed by atoms with Crippen molar-refractivity contribution < 1.29 is 24.3 Å². The summed E-state index contributed by atoms with van der Waals surface area (Å²) < 4.78 is 1.54. The van der Waals surface area contributed by atoms with Gasteiger partial charge in [-0.05, 0) is 29.8 Å². The minimum absolute atomic E-state index is 0.0983. The molecule has 17 heteroatoms. The van der Waals surface area contributed by atoms with Gasteiger partial charge >= 0.3 is 5.97 Å². The van der Waals surface area contributed by atoms with E-state index in [0.29, 0.717) is 23.0 Å². The van der Waals surface area contributed by atoms with Crippen LogP contribution >= 0.6 is 34.9 Å². The van der Waals surface area contributed by atoms with Crippen LogP contribution in [0.3, 0.4) is 0 Å². The third-order valence-corrected chi connectivity index (χ3v) is 8.10. The first-order valence-electron chi connectivity index (χ1n) is 10.9. The monoisotopic (exact) mass is 565 g/mol. The number of oxime groups is 1. The number of β-lactam (4-membered cyclic amide) rings is 1. The minimum atomic E-state index is -1.23. The zero-order chi connectivity index (χ0) is 26.7. The van der Waals surface area contributed by atoms with Crippen molar-refractivity contribution >= 4 is 63.5 Å². The lowest BCUT2D eigenvalue weighted by atomic mass is 10.0. The van der Waals surface area contributed by atoms with Gasteiger partial charge in [0.15, 0.2) is 10.8 Å². The number of nitrogens with two attached hydrogens (primary N) is 1. The summed E-state index contributed by atoms with van der Waals surface area (Å²) in [6.45, 7) is 7.56. The maximum absolute atomic E-state index is 13.0. The average Bonchev–Trinajstić information content (AvgIpc) is 3.49. The topological polar surface area (TPSA) is 191 Å². The molecule has 0 radical (unpaired) electrons. The first-order chi connectivity index (χ1) is 17.7. The molecule has 2 atom stereocenters. The summed E-state index contributed by atoms with van der Waals surface area (Å²) in [6.07, 6.45) is 1.35. The van der Waals surface area contributed by atoms with E-state index in [-0.39, 0.29) is 34.1 Å². The van der Waals surface area contributed by atoms with Crippen molar-refractivity contribution in [3.05, 3.63) is 35.0 Å². The molecule has 196 valence electrons. The number of aliphatic carboxylic acids is 1. The van der Waals surface area contributed by atoms with Crippen LogP contribution in [0.4, 0.5) is 5.13 Å². The molecule has 2 aliphatic heterocycles. The number of hydrogen-bond donors (Lipinski definition) is 3. The van der Waals surface area contributed by atoms with Crippen molar-refractivity contribution in [3.8, 4) is 0 Å². The van der Waals surface area contributed by atoms with Crippen molar-refractivity contribution in [1.29, 1.82) is 0 Å². The van der Waals surface area contributed by atoms with Gasteiger partial charge in [0.1, 0.15) is 28.9 Å². The molecule has 0 aliphatic carbocycles. The lowest BCUT2D eigenvalue weighted by Gasteiger charge is -2.49. The van der Waals surface area contributed by atoms with Gasteiger partial charge in [-0.3, -0.25) is 14.5 Å². The van der Waals surface area contributed by atoms with Gasteiger partial charge in [-0.15, -0.1) is 34.8 Å². The normalized spacial score (nSPS) is 19.5. The van der Waals surface area contributed by atoms with Gasteiger partial charge in [0, 0.05) is 16.9 Å². The number of aromatic nitrogens is 5. The second kappa shape index (κ2) is 11.3. The van der Waals surface area contributed by atoms with E-state index in [9.17, 15) is 19.5 Å². The lowest BCUT2D eigenvalue weighted by molar-refractivity contribution is -0.150. The number of rotatable bonds is 11. The zero-order valence-electron chi connectivity index (χ0n) is 19.7. The molecule has 2 unspecified atom stereocenters. The summed E-state index contributed by atoms with van der Waals surface area (Å²) in [5, 5.41) is 29.6. The van der Waals surface area contributed by atoms with Crippen molar-refractivity contribution in [2.45, 2.75) is 43.1 Å². The number of carboxylic acid groups (broad SMARTS) is 1. The van der Waals surface area contributed by atoms with Crippen LogP contribution in [0.15, 0.2) is 39.6 Å². The summed E-state index contributed by atoms with van der Waals surface area (Å²) >= 11 is 3.75. The van der Waals surface area contributed by atoms with Crippen LogP contribution in [0, 0.1) is 0 Å². The first-order valence-corrected chi connectivity index (χ1v) is 13.8. The Labute approximate surface area is 223 Å². The van der Waals surface area contributed by atoms with Crippen LogP contribution in [0.25, 0.3) is 0 Å². The number of nitrogens with one attached hydrogen (secondary N) is 1. The molecule has 4 heterocycles. The fourth-order valence-corrected chi connectivity index (χ4v) is 6.37. The molecule has 2 aliphatic rings. The van der Waals surface area contributed by atoms with E-state index in [0.717, 1.165) is 11.3 Å². The Morgan fingerprint density at radius 3 is 2.92 bits per heavy atom. The number of fused-ring (bicyclic) bond motifs is 1. The summed E-state index contributed by atoms with van der Waals surface area (Å²) in [6, 6.07) is -0.943. The Morgan fingerprint density at radius 1 is 1.49 bits per heavy atom. The quantitative estimate of drug-likeness (QED) is 0.113. The number of amides is 2. The highest BCUT2D eigenvalue weighted by Gasteiger charge is 2.54. The molecule has 2 aromatic rings. The molecule has 1 fully saturated rings. The van der Waals surface area contributed by atoms with Gasteiger partial charge in [0.2, 0.25) is 5.16 Å². The molecule has 0 aromatic carbocycles. The predicted molar refractivity (Wildman–Crippen MR) is 138 cm³/mol. The number of carbonyl (C=O) groups excluding carboxylic acids is 2. The van der Waals surface area contributed by atoms with Crippen LogP contribution in [0.5, 0.6) is 0 Å². The standard InChI is InChI=1S/C20H23N9O5S3/c1-4-5-28-20(24-26-27-28)37-7-10-6-35-17-13(16(31)29(17)14(10)18(32)33)23-15(30)12(25-34-9(2)3)11-8-36-19(21)22-11/h4,8-9,13,17H,1,5-7H2,2-3H3,(H2,21,22)(H,23,30)(H,32,33)/b25-12+. The molecule has 2 aromatic heterocycles. The van der Waals surface area contributed by atoms with E-state index in [2.05, 4.69) is 37.6 Å². The van der Waals surface area contributed by atoms with Crippen molar-refractivity contribution in [2.24, 2.45) is 5.16 Å². The Morgan fingerprint density at radius 2 is 2.27 bits per heavy atom. The highest BCUT2D eigenvalue weighted by Crippen LogP contribution is 2.41. The maximum atomic E-state index is 13.0. The molecule has 0 bridgehead atoms. The van der Waals surface area contributed by atoms with Crippen LogP contribution in [-0.2, 0) is 25.8 Å². The molecular formula is C20H23N9O5S3. The summed E-state index contributed by atoms with van der Waals surface area (Å²) in [7, 11) is 0. The van der Waals surface area contributed by atoms with E-state index >= 15 is 0 Å². The Kier molecular flexibility index (Phi) is 8.13. The Hall–Kier alpha value is -3.44. The van der Waals surface area contributed by atoms with Gasteiger partial charge in [-0.25, -0.2) is 14.5 Å². The van der Waals surface area contributed by atoms with Crippen LogP contribution < -0.4 is 11.1 Å². The number of nitrogen functional groups attached to an aromatic ring is 1. The van der Waals surface area contributed by atoms with E-state index in [1.54, 1.807) is 25.3 Å². The summed E-state index contributed by atoms with van der Waals surface area (Å²) in [5.74, 6) is -1.83. The number of nitrogens with zero attached hydrogens (tertiary/aromatic N) is 7. The molecule has 37 heavy (non-hydrogen) atoms. The molecule has 4 N–H and O–H groups in total. The van der Waals surface area contributed by atoms with Crippen molar-refractivity contribution in [2.75, 3.05) is 17.2 Å². The summed E-state index contributed by atoms with van der Waals surface area (Å²) in [4.78, 5) is 48.7. The van der Waals surface area contributed by atoms with E-state index in [4.69, 9.17) is 10.6 Å². The number of thioether (sulfide) groups is 2. The SMILES string of the molecule is C=CCn1nnnc1SCC1=C(C(=O)O)N2C(=O)C(NC(=O)/C(=N/OC(C)C)c3csc(N)n3)C2SC1. The average molecular weight is 566 g/mol. The van der Waals surface area contributed by atoms with E-state index in [1.165, 1.54) is 33.1 Å². The molecule has 0 saturated carbocycles. The van der Waals surface area contributed by atoms with Crippen molar-refractivity contribution in [1.82, 2.24) is 35.4 Å². The highest BCUT2D eigenvalue weighted by molar-refractivity contribution is 8.01. The third kappa shape index (κ3) is 5.62. The molecule has 2 amide bonds. The smallest absolute Gasteiger partial charge is 0.352 e. The highest BCUT2D eigenvalue weighted by atomic mass is 32.2. The summed E-state index contributed by atoms with van der Waals surface area (Å²) in [5.41, 5.74) is 6.23. The number of thiazole rings is 1. The van der Waals surface area contributed by atoms with Gasteiger partial charge in [-0.1, -0.05) is 23.0 Å². The lowest BCUT2D eigenvalue weighted by Crippen LogP contribution is -2.71. The van der Waals surface area contributed by atoms with E-state index in [1.807, 2.05) is 0 Å². The molecular weight excluding hydrogens is 542 g/mol. The number of carbonyl (C=O) groups is 3. The first kappa shape index (κ1) is 26.6. The van der Waals surface area contributed by atoms with Gasteiger partial charge in [0.05, 0.1) is 6.54 Å². The second-order valence-electron chi connectivity index (χ2n) is 8.00. The van der Waals surface area contributed by atoms with Crippen LogP contribution in [-0.4, -0.2) is 87.7 Å². The van der Waals surface area contributed by atoms with Gasteiger partial charge in [0.25, 0.3) is 11.8 Å². The Bertz CT molecular complexity index is 1290. The largest absolute Gasteiger partial charge is 0.477 e. The Balaban J connectivity index is 1.49. The number of hydrogen-bond acceptors (Lipinski definition) is 13. The van der Waals surface area contributed by atoms with Crippen molar-refractivity contribution in [3.63, 3.8) is 0 Å². The van der Waals surface area contributed by atoms with Crippen LogP contribution in [0.2, 0.25) is 0 Å². The molecule has 1 saturated heterocycles. The zero-order valence-corrected chi connectivity index (χ0v) is 22.2. The molecule has 4 rings (SSSR count). The predicted octanol–water partition coefficient (Wildman–Crippen LogP) is 0.558. The number of allylic oxidation sites excluding steroid dienone is 1. The molecule has 0 spiro atoms. The number of carboxylic acids is 1. The fraction of sp³-hybridized carbons (Fsp3) is 0.400. The fourth-order valence-electron chi connectivity index (χ4n) is 3.45. The van der Waals surface area contributed by atoms with E-state index < -0.39 is 29.2 Å². The maximum Gasteiger partial charge on any atom is 0.352 e.